The van der Waals surface area contributed by atoms with Crippen LogP contribution in [0.15, 0.2) is 47.5 Å². The van der Waals surface area contributed by atoms with E-state index in [0.717, 1.165) is 5.56 Å². The maximum absolute atomic E-state index is 12.9. The highest BCUT2D eigenvalue weighted by Gasteiger charge is 2.20. The van der Waals surface area contributed by atoms with Gasteiger partial charge in [-0.25, -0.2) is 0 Å². The van der Waals surface area contributed by atoms with Crippen molar-refractivity contribution >= 4 is 11.8 Å². The van der Waals surface area contributed by atoms with Crippen LogP contribution in [0.25, 0.3) is 0 Å². The molecule has 0 aliphatic heterocycles. The van der Waals surface area contributed by atoms with E-state index in [4.69, 9.17) is 0 Å². The second-order valence-corrected chi connectivity index (χ2v) is 8.16. The molecule has 29 heavy (non-hydrogen) atoms. The number of hydrogen-bond acceptors (Lipinski definition) is 3. The summed E-state index contributed by atoms with van der Waals surface area (Å²) in [7, 11) is 0. The van der Waals surface area contributed by atoms with Gasteiger partial charge in [-0.05, 0) is 31.2 Å². The van der Waals surface area contributed by atoms with Gasteiger partial charge in [0, 0.05) is 31.5 Å². The minimum atomic E-state index is -0.548. The zero-order chi connectivity index (χ0) is 21.6. The lowest BCUT2D eigenvalue weighted by Gasteiger charge is -2.16. The van der Waals surface area contributed by atoms with Gasteiger partial charge in [-0.1, -0.05) is 51.1 Å². The topological polar surface area (TPSA) is 80.2 Å². The van der Waals surface area contributed by atoms with E-state index in [0.29, 0.717) is 19.0 Å². The van der Waals surface area contributed by atoms with Gasteiger partial charge in [0.1, 0.15) is 11.1 Å². The van der Waals surface area contributed by atoms with Crippen LogP contribution < -0.4 is 16.1 Å². The van der Waals surface area contributed by atoms with Crippen LogP contribution in [-0.4, -0.2) is 29.0 Å². The largest absolute Gasteiger partial charge is 0.352 e. The fourth-order valence-corrected chi connectivity index (χ4v) is 3.06. The third-order valence-electron chi connectivity index (χ3n) is 4.50. The van der Waals surface area contributed by atoms with E-state index in [2.05, 4.69) is 10.6 Å². The summed E-state index contributed by atoms with van der Waals surface area (Å²) in [6.07, 6.45) is 3.07. The standard InChI is InChI=1S/C23H31N3O3/c1-15(2)12-26-13-19(21(27)20(14-26)23(29)25-16(3)4)22(28)24-11-17(5)18-9-7-6-8-10-18/h6-10,13-17H,11-12H2,1-5H3,(H,24,28)(H,25,29). The lowest BCUT2D eigenvalue weighted by atomic mass is 10.0. The molecule has 6 heteroatoms. The average molecular weight is 398 g/mol. The molecule has 2 N–H and O–H groups in total. The second kappa shape index (κ2) is 10.0. The molecule has 2 amide bonds. The monoisotopic (exact) mass is 397 g/mol. The molecule has 0 bridgehead atoms. The van der Waals surface area contributed by atoms with E-state index in [1.54, 1.807) is 4.57 Å². The maximum Gasteiger partial charge on any atom is 0.256 e. The van der Waals surface area contributed by atoms with Gasteiger partial charge >= 0.3 is 0 Å². The zero-order valence-corrected chi connectivity index (χ0v) is 17.9. The summed E-state index contributed by atoms with van der Waals surface area (Å²) in [6.45, 7) is 10.7. The van der Waals surface area contributed by atoms with Crippen LogP contribution >= 0.6 is 0 Å². The Kier molecular flexibility index (Phi) is 7.76. The van der Waals surface area contributed by atoms with Crippen LogP contribution in [0.1, 0.15) is 66.8 Å². The van der Waals surface area contributed by atoms with Gasteiger partial charge in [-0.2, -0.15) is 0 Å². The molecule has 0 spiro atoms. The molecule has 0 aliphatic carbocycles. The molecular weight excluding hydrogens is 366 g/mol. The molecule has 1 unspecified atom stereocenters. The number of benzene rings is 1. The van der Waals surface area contributed by atoms with Crippen LogP contribution in [0.5, 0.6) is 0 Å². The van der Waals surface area contributed by atoms with Gasteiger partial charge in [-0.15, -0.1) is 0 Å². The summed E-state index contributed by atoms with van der Waals surface area (Å²) in [5.74, 6) is -0.526. The quantitative estimate of drug-likeness (QED) is 0.718. The van der Waals surface area contributed by atoms with E-state index in [9.17, 15) is 14.4 Å². The molecule has 1 aromatic carbocycles. The van der Waals surface area contributed by atoms with E-state index < -0.39 is 17.2 Å². The number of carbonyl (C=O) groups is 2. The highest BCUT2D eigenvalue weighted by Crippen LogP contribution is 2.13. The number of pyridine rings is 1. The van der Waals surface area contributed by atoms with Gasteiger partial charge < -0.3 is 15.2 Å². The van der Waals surface area contributed by atoms with Gasteiger partial charge in [0.2, 0.25) is 5.43 Å². The Morgan fingerprint density at radius 2 is 1.52 bits per heavy atom. The van der Waals surface area contributed by atoms with Crippen molar-refractivity contribution < 1.29 is 9.59 Å². The summed E-state index contributed by atoms with van der Waals surface area (Å²) in [5, 5.41) is 5.58. The van der Waals surface area contributed by atoms with E-state index in [1.807, 2.05) is 65.0 Å². The van der Waals surface area contributed by atoms with Crippen molar-refractivity contribution in [1.82, 2.24) is 15.2 Å². The molecule has 0 saturated heterocycles. The summed E-state index contributed by atoms with van der Waals surface area (Å²) in [4.78, 5) is 38.1. The number of amides is 2. The first-order chi connectivity index (χ1) is 13.7. The first-order valence-electron chi connectivity index (χ1n) is 10.1. The summed E-state index contributed by atoms with van der Waals surface area (Å²) in [6, 6.07) is 9.75. The minimum Gasteiger partial charge on any atom is -0.352 e. The lowest BCUT2D eigenvalue weighted by molar-refractivity contribution is 0.0941. The molecule has 2 rings (SSSR count). The Hall–Kier alpha value is -2.89. The summed E-state index contributed by atoms with van der Waals surface area (Å²) in [5.41, 5.74) is 0.536. The molecular formula is C23H31N3O3. The Morgan fingerprint density at radius 1 is 0.931 bits per heavy atom. The van der Waals surface area contributed by atoms with Crippen molar-refractivity contribution in [2.24, 2.45) is 5.92 Å². The van der Waals surface area contributed by atoms with E-state index in [-0.39, 0.29) is 23.1 Å². The number of hydrogen-bond donors (Lipinski definition) is 2. The number of nitrogens with one attached hydrogen (secondary N) is 2. The molecule has 156 valence electrons. The Labute approximate surface area is 172 Å². The number of nitrogens with zero attached hydrogens (tertiary/aromatic N) is 1. The molecule has 1 heterocycles. The molecule has 0 fully saturated rings. The fourth-order valence-electron chi connectivity index (χ4n) is 3.06. The first kappa shape index (κ1) is 22.4. The SMILES string of the molecule is CC(C)Cn1cc(C(=O)NCC(C)c2ccccc2)c(=O)c(C(=O)NC(C)C)c1. The first-order valence-corrected chi connectivity index (χ1v) is 10.1. The normalized spacial score (nSPS) is 12.1. The molecule has 0 radical (unpaired) electrons. The van der Waals surface area contributed by atoms with Crippen LogP contribution in [0.4, 0.5) is 0 Å². The van der Waals surface area contributed by atoms with Crippen molar-refractivity contribution in [3.8, 4) is 0 Å². The molecule has 1 aromatic heterocycles. The fraction of sp³-hybridized carbons (Fsp3) is 0.435. The Balaban J connectivity index is 2.28. The second-order valence-electron chi connectivity index (χ2n) is 8.16. The van der Waals surface area contributed by atoms with Gasteiger partial charge in [0.25, 0.3) is 11.8 Å². The summed E-state index contributed by atoms with van der Waals surface area (Å²) >= 11 is 0. The highest BCUT2D eigenvalue weighted by molar-refractivity contribution is 5.99. The molecule has 0 aliphatic rings. The van der Waals surface area contributed by atoms with Crippen molar-refractivity contribution in [1.29, 1.82) is 0 Å². The van der Waals surface area contributed by atoms with Gasteiger partial charge in [0.05, 0.1) is 0 Å². The minimum absolute atomic E-state index is 0.0110. The average Bonchev–Trinajstić information content (AvgIpc) is 2.66. The molecule has 0 saturated carbocycles. The van der Waals surface area contributed by atoms with Crippen LogP contribution in [0.2, 0.25) is 0 Å². The van der Waals surface area contributed by atoms with Crippen molar-refractivity contribution in [2.45, 2.75) is 53.1 Å². The van der Waals surface area contributed by atoms with Gasteiger partial charge in [0.15, 0.2) is 0 Å². The predicted molar refractivity (Wildman–Crippen MR) is 115 cm³/mol. The van der Waals surface area contributed by atoms with E-state index >= 15 is 0 Å². The lowest BCUT2D eigenvalue weighted by Crippen LogP contribution is -2.38. The van der Waals surface area contributed by atoms with Crippen LogP contribution in [-0.2, 0) is 6.54 Å². The van der Waals surface area contributed by atoms with E-state index in [1.165, 1.54) is 12.4 Å². The Morgan fingerprint density at radius 3 is 2.07 bits per heavy atom. The predicted octanol–water partition coefficient (Wildman–Crippen LogP) is 3.18. The third-order valence-corrected chi connectivity index (χ3v) is 4.50. The van der Waals surface area contributed by atoms with Crippen molar-refractivity contribution in [3.63, 3.8) is 0 Å². The maximum atomic E-state index is 12.9. The van der Waals surface area contributed by atoms with Crippen molar-refractivity contribution in [3.05, 3.63) is 69.6 Å². The van der Waals surface area contributed by atoms with Crippen LogP contribution in [0.3, 0.4) is 0 Å². The summed E-state index contributed by atoms with van der Waals surface area (Å²) < 4.78 is 1.75. The molecule has 1 atom stereocenters. The number of rotatable bonds is 8. The van der Waals surface area contributed by atoms with Gasteiger partial charge in [-0.3, -0.25) is 14.4 Å². The van der Waals surface area contributed by atoms with Crippen molar-refractivity contribution in [2.75, 3.05) is 6.54 Å². The third kappa shape index (κ3) is 6.31. The highest BCUT2D eigenvalue weighted by atomic mass is 16.2. The smallest absolute Gasteiger partial charge is 0.256 e. The zero-order valence-electron chi connectivity index (χ0n) is 17.9. The number of aromatic nitrogens is 1. The number of carbonyl (C=O) groups excluding carboxylic acids is 2. The Bertz CT molecular complexity index is 901. The molecule has 2 aromatic rings. The molecule has 6 nitrogen and oxygen atoms in total. The van der Waals surface area contributed by atoms with Crippen LogP contribution in [0, 0.1) is 5.92 Å².